The van der Waals surface area contributed by atoms with E-state index in [0.29, 0.717) is 24.0 Å². The molecule has 0 bridgehead atoms. The van der Waals surface area contributed by atoms with Crippen LogP contribution < -0.4 is 4.74 Å². The molecule has 0 saturated heterocycles. The second kappa shape index (κ2) is 10.6. The number of Topliss-reactive ketones (excluding diaryl/α,β-unsaturated/α-hetero) is 1. The van der Waals surface area contributed by atoms with Gasteiger partial charge in [-0.15, -0.1) is 0 Å². The highest BCUT2D eigenvalue weighted by Crippen LogP contribution is 2.41. The molecule has 0 N–H and O–H groups in total. The number of nitrogens with zero attached hydrogens (tertiary/aromatic N) is 5. The Hall–Kier alpha value is -1.94. The average Bonchev–Trinajstić information content (AvgIpc) is 3.32. The lowest BCUT2D eigenvalue weighted by Gasteiger charge is -2.33. The van der Waals surface area contributed by atoms with Gasteiger partial charge in [-0.2, -0.15) is 15.0 Å². The molecule has 3 aliphatic rings. The standard InChI is InChI=1S/C25H35F2N5O2S/c1-31-28-16-19(30-31)13-20(33)12-18-4-2-17(3-5-18)6-9-32-10-7-22-23(8-11-32)35-24(29-22)34-21-14-25(26,27)15-21/h16-18,21H,2-15H2,1H3. The zero-order valence-electron chi connectivity index (χ0n) is 20.4. The van der Waals surface area contributed by atoms with Crippen molar-refractivity contribution in [1.29, 1.82) is 0 Å². The molecule has 5 rings (SSSR count). The van der Waals surface area contributed by atoms with Crippen molar-refractivity contribution in [3.63, 3.8) is 0 Å². The maximum Gasteiger partial charge on any atom is 0.273 e. The number of alkyl halides is 2. The van der Waals surface area contributed by atoms with E-state index in [1.54, 1.807) is 24.6 Å². The van der Waals surface area contributed by atoms with Crippen LogP contribution >= 0.6 is 11.3 Å². The molecular formula is C25H35F2N5O2S. The molecule has 0 spiro atoms. The number of carbonyl (C=O) groups excluding carboxylic acids is 1. The van der Waals surface area contributed by atoms with Gasteiger partial charge >= 0.3 is 0 Å². The number of aromatic nitrogens is 4. The second-order valence-corrected chi connectivity index (χ2v) is 11.7. The quantitative estimate of drug-likeness (QED) is 0.505. The summed E-state index contributed by atoms with van der Waals surface area (Å²) >= 11 is 1.54. The normalized spacial score (nSPS) is 25.0. The number of fused-ring (bicyclic) bond motifs is 1. The first kappa shape index (κ1) is 24.7. The average molecular weight is 508 g/mol. The molecule has 35 heavy (non-hydrogen) atoms. The topological polar surface area (TPSA) is 73.1 Å². The molecule has 1 aliphatic heterocycles. The summed E-state index contributed by atoms with van der Waals surface area (Å²) in [7, 11) is 1.77. The fourth-order valence-corrected chi connectivity index (χ4v) is 6.66. The van der Waals surface area contributed by atoms with Gasteiger partial charge in [-0.3, -0.25) is 4.79 Å². The Morgan fingerprint density at radius 1 is 1.17 bits per heavy atom. The summed E-state index contributed by atoms with van der Waals surface area (Å²) in [5.74, 6) is -1.02. The smallest absolute Gasteiger partial charge is 0.273 e. The zero-order valence-corrected chi connectivity index (χ0v) is 21.2. The summed E-state index contributed by atoms with van der Waals surface area (Å²) < 4.78 is 31.8. The number of thiazole rings is 1. The predicted octanol–water partition coefficient (Wildman–Crippen LogP) is 4.25. The van der Waals surface area contributed by atoms with Crippen molar-refractivity contribution in [2.75, 3.05) is 19.6 Å². The number of ether oxygens (including phenoxy) is 1. The lowest BCUT2D eigenvalue weighted by atomic mass is 9.78. The lowest BCUT2D eigenvalue weighted by Crippen LogP contribution is -2.43. The predicted molar refractivity (Wildman–Crippen MR) is 129 cm³/mol. The number of hydrogen-bond acceptors (Lipinski definition) is 7. The van der Waals surface area contributed by atoms with Gasteiger partial charge in [0.15, 0.2) is 0 Å². The number of rotatable bonds is 9. The molecule has 2 saturated carbocycles. The Kier molecular flexibility index (Phi) is 7.48. The van der Waals surface area contributed by atoms with Gasteiger partial charge in [0.25, 0.3) is 11.1 Å². The first-order valence-electron chi connectivity index (χ1n) is 12.9. The fourth-order valence-electron chi connectivity index (χ4n) is 5.65. The summed E-state index contributed by atoms with van der Waals surface area (Å²) in [6.45, 7) is 3.11. The third-order valence-electron chi connectivity index (χ3n) is 7.76. The van der Waals surface area contributed by atoms with E-state index in [4.69, 9.17) is 4.74 Å². The summed E-state index contributed by atoms with van der Waals surface area (Å²) in [4.78, 5) is 22.3. The van der Waals surface area contributed by atoms with Crippen LogP contribution in [0.4, 0.5) is 8.78 Å². The Bertz CT molecular complexity index is 984. The highest BCUT2D eigenvalue weighted by molar-refractivity contribution is 7.13. The first-order chi connectivity index (χ1) is 16.8. The van der Waals surface area contributed by atoms with E-state index < -0.39 is 5.92 Å². The van der Waals surface area contributed by atoms with Crippen molar-refractivity contribution in [2.24, 2.45) is 18.9 Å². The fraction of sp³-hybridized carbons (Fsp3) is 0.760. The van der Waals surface area contributed by atoms with Gasteiger partial charge in [0.1, 0.15) is 11.9 Å². The van der Waals surface area contributed by atoms with E-state index in [2.05, 4.69) is 20.1 Å². The number of hydrogen-bond donors (Lipinski definition) is 0. The number of halogens is 2. The first-order valence-corrected chi connectivity index (χ1v) is 13.8. The molecule has 192 valence electrons. The molecule has 0 unspecified atom stereocenters. The third kappa shape index (κ3) is 6.64. The van der Waals surface area contributed by atoms with E-state index in [9.17, 15) is 13.6 Å². The zero-order chi connectivity index (χ0) is 24.4. The Morgan fingerprint density at radius 3 is 2.63 bits per heavy atom. The van der Waals surface area contributed by atoms with Gasteiger partial charge in [-0.05, 0) is 44.1 Å². The van der Waals surface area contributed by atoms with Crippen molar-refractivity contribution >= 4 is 17.1 Å². The molecule has 2 aromatic rings. The Morgan fingerprint density at radius 2 is 1.91 bits per heavy atom. The highest BCUT2D eigenvalue weighted by Gasteiger charge is 2.47. The Balaban J connectivity index is 0.987. The molecule has 7 nitrogen and oxygen atoms in total. The molecule has 0 radical (unpaired) electrons. The van der Waals surface area contributed by atoms with E-state index in [1.807, 2.05) is 0 Å². The second-order valence-electron chi connectivity index (χ2n) is 10.6. The van der Waals surface area contributed by atoms with E-state index in [1.165, 1.54) is 28.9 Å². The van der Waals surface area contributed by atoms with Crippen molar-refractivity contribution in [3.8, 4) is 5.19 Å². The molecule has 0 atom stereocenters. The van der Waals surface area contributed by atoms with E-state index in [0.717, 1.165) is 62.6 Å². The highest BCUT2D eigenvalue weighted by atomic mass is 32.1. The molecule has 2 aromatic heterocycles. The largest absolute Gasteiger partial charge is 0.466 e. The summed E-state index contributed by atoms with van der Waals surface area (Å²) in [5.41, 5.74) is 1.85. The van der Waals surface area contributed by atoms with Crippen LogP contribution in [0.25, 0.3) is 0 Å². The molecule has 2 fully saturated rings. The minimum atomic E-state index is -2.56. The minimum absolute atomic E-state index is 0.188. The summed E-state index contributed by atoms with van der Waals surface area (Å²) in [6, 6.07) is 0. The Labute approximate surface area is 209 Å². The van der Waals surface area contributed by atoms with Gasteiger partial charge < -0.3 is 9.64 Å². The van der Waals surface area contributed by atoms with E-state index >= 15 is 0 Å². The van der Waals surface area contributed by atoms with Crippen LogP contribution in [0.1, 0.15) is 67.6 Å². The maximum atomic E-state index is 13.0. The van der Waals surface area contributed by atoms with Gasteiger partial charge in [0, 0.05) is 50.7 Å². The number of aryl methyl sites for hydroxylation is 1. The molecule has 10 heteroatoms. The monoisotopic (exact) mass is 507 g/mol. The van der Waals surface area contributed by atoms with Crippen molar-refractivity contribution in [2.45, 2.75) is 82.7 Å². The summed E-state index contributed by atoms with van der Waals surface area (Å²) in [6.07, 6.45) is 9.77. The number of carbonyl (C=O) groups is 1. The van der Waals surface area contributed by atoms with Gasteiger partial charge in [-0.25, -0.2) is 13.8 Å². The molecule has 0 amide bonds. The molecule has 0 aromatic carbocycles. The number of ketones is 1. The van der Waals surface area contributed by atoms with Crippen LogP contribution in [0, 0.1) is 11.8 Å². The van der Waals surface area contributed by atoms with Crippen molar-refractivity contribution in [3.05, 3.63) is 22.5 Å². The lowest BCUT2D eigenvalue weighted by molar-refractivity contribution is -0.134. The van der Waals surface area contributed by atoms with Gasteiger partial charge in [0.2, 0.25) is 0 Å². The van der Waals surface area contributed by atoms with E-state index in [-0.39, 0.29) is 24.7 Å². The van der Waals surface area contributed by atoms with Crippen LogP contribution in [-0.4, -0.2) is 62.3 Å². The molecule has 2 aliphatic carbocycles. The van der Waals surface area contributed by atoms with Crippen molar-refractivity contribution in [1.82, 2.24) is 24.9 Å². The minimum Gasteiger partial charge on any atom is -0.466 e. The van der Waals surface area contributed by atoms with Crippen LogP contribution in [0.3, 0.4) is 0 Å². The van der Waals surface area contributed by atoms with Gasteiger partial charge in [-0.1, -0.05) is 24.2 Å². The SMILES string of the molecule is Cn1ncc(CC(=O)CC2CCC(CCN3CCc4nc(OC5CC(F)(F)C5)sc4CC3)CC2)n1. The maximum absolute atomic E-state index is 13.0. The van der Waals surface area contributed by atoms with Crippen LogP contribution in [0.2, 0.25) is 0 Å². The van der Waals surface area contributed by atoms with Crippen LogP contribution in [0.15, 0.2) is 6.20 Å². The van der Waals surface area contributed by atoms with Gasteiger partial charge in [0.05, 0.1) is 24.0 Å². The van der Waals surface area contributed by atoms with Crippen LogP contribution in [0.5, 0.6) is 5.19 Å². The molecular weight excluding hydrogens is 472 g/mol. The third-order valence-corrected chi connectivity index (χ3v) is 8.81. The van der Waals surface area contributed by atoms with Crippen LogP contribution in [-0.2, 0) is 31.1 Å². The van der Waals surface area contributed by atoms with Crippen molar-refractivity contribution < 1.29 is 18.3 Å². The molecule has 3 heterocycles. The summed E-state index contributed by atoms with van der Waals surface area (Å²) in [5, 5.41) is 8.82.